The van der Waals surface area contributed by atoms with Gasteiger partial charge in [-0.25, -0.2) is 4.98 Å². The van der Waals surface area contributed by atoms with Gasteiger partial charge in [-0.05, 0) is 19.3 Å². The fourth-order valence-corrected chi connectivity index (χ4v) is 2.89. The van der Waals surface area contributed by atoms with Crippen LogP contribution in [0.3, 0.4) is 0 Å². The van der Waals surface area contributed by atoms with Gasteiger partial charge in [0.25, 0.3) is 0 Å². The quantitative estimate of drug-likeness (QED) is 0.647. The lowest BCUT2D eigenvalue weighted by atomic mass is 10.0. The summed E-state index contributed by atoms with van der Waals surface area (Å²) in [5, 5.41) is 3.54. The van der Waals surface area contributed by atoms with E-state index in [1.54, 1.807) is 0 Å². The van der Waals surface area contributed by atoms with Crippen molar-refractivity contribution in [1.29, 1.82) is 0 Å². The van der Waals surface area contributed by atoms with Crippen molar-refractivity contribution in [3.63, 3.8) is 0 Å². The van der Waals surface area contributed by atoms with Crippen molar-refractivity contribution in [2.75, 3.05) is 6.54 Å². The van der Waals surface area contributed by atoms with Gasteiger partial charge in [-0.15, -0.1) is 0 Å². The zero-order valence-electron chi connectivity index (χ0n) is 12.4. The molecule has 1 aromatic heterocycles. The summed E-state index contributed by atoms with van der Waals surface area (Å²) in [6.07, 6.45) is 13.4. The molecule has 2 aromatic rings. The number of nitrogens with one attached hydrogen (secondary N) is 1. The lowest BCUT2D eigenvalue weighted by Crippen LogP contribution is -2.31. The fourth-order valence-electron chi connectivity index (χ4n) is 2.89. The van der Waals surface area contributed by atoms with Gasteiger partial charge in [0.15, 0.2) is 0 Å². The second-order valence-corrected chi connectivity index (χ2v) is 5.62. The Bertz CT molecular complexity index is 571. The van der Waals surface area contributed by atoms with Gasteiger partial charge >= 0.3 is 0 Å². The highest BCUT2D eigenvalue weighted by Crippen LogP contribution is 2.18. The molecular formula is C18H23N3. The molecule has 1 aliphatic rings. The summed E-state index contributed by atoms with van der Waals surface area (Å²) in [6, 6.07) is 11.1. The minimum Gasteiger partial charge on any atom is -0.331 e. The second-order valence-electron chi connectivity index (χ2n) is 5.62. The Hall–Kier alpha value is -1.87. The minimum absolute atomic E-state index is 0.673. The number of hydrogen-bond acceptors (Lipinski definition) is 2. The van der Waals surface area contributed by atoms with E-state index in [9.17, 15) is 0 Å². The van der Waals surface area contributed by atoms with E-state index in [1.165, 1.54) is 31.2 Å². The summed E-state index contributed by atoms with van der Waals surface area (Å²) >= 11 is 0. The number of unbranched alkanes of at least 4 members (excludes halogenated alkanes) is 1. The number of aryl methyl sites for hydroxylation is 1. The van der Waals surface area contributed by atoms with Crippen LogP contribution >= 0.6 is 0 Å². The van der Waals surface area contributed by atoms with Crippen molar-refractivity contribution in [1.82, 2.24) is 14.9 Å². The molecule has 0 spiro atoms. The molecule has 3 nitrogen and oxygen atoms in total. The number of imidazole rings is 1. The van der Waals surface area contributed by atoms with Gasteiger partial charge < -0.3 is 9.88 Å². The van der Waals surface area contributed by atoms with E-state index in [-0.39, 0.29) is 0 Å². The van der Waals surface area contributed by atoms with Crippen LogP contribution in [0.5, 0.6) is 0 Å². The van der Waals surface area contributed by atoms with Crippen LogP contribution in [0, 0.1) is 0 Å². The number of hydrogen-bond donors (Lipinski definition) is 1. The molecule has 110 valence electrons. The summed E-state index contributed by atoms with van der Waals surface area (Å²) in [5.74, 6) is 1.08. The summed E-state index contributed by atoms with van der Waals surface area (Å²) in [7, 11) is 0. The van der Waals surface area contributed by atoms with E-state index < -0.39 is 0 Å². The highest BCUT2D eigenvalue weighted by molar-refractivity contribution is 5.54. The van der Waals surface area contributed by atoms with E-state index >= 15 is 0 Å². The average Bonchev–Trinajstić information content (AvgIpc) is 3.02. The van der Waals surface area contributed by atoms with Gasteiger partial charge in [-0.3, -0.25) is 0 Å². The summed E-state index contributed by atoms with van der Waals surface area (Å²) < 4.78 is 2.27. The van der Waals surface area contributed by atoms with Gasteiger partial charge in [-0.1, -0.05) is 48.9 Å². The third kappa shape index (κ3) is 3.82. The van der Waals surface area contributed by atoms with Gasteiger partial charge in [0.05, 0.1) is 0 Å². The molecule has 0 radical (unpaired) electrons. The Morgan fingerprint density at radius 3 is 2.86 bits per heavy atom. The third-order valence-electron chi connectivity index (χ3n) is 4.06. The molecular weight excluding hydrogens is 258 g/mol. The van der Waals surface area contributed by atoms with E-state index in [1.807, 2.05) is 12.3 Å². The predicted molar refractivity (Wildman–Crippen MR) is 87.1 cm³/mol. The van der Waals surface area contributed by atoms with Gasteiger partial charge in [0.2, 0.25) is 0 Å². The van der Waals surface area contributed by atoms with E-state index in [2.05, 4.69) is 57.5 Å². The maximum Gasteiger partial charge on any atom is 0.139 e. The summed E-state index contributed by atoms with van der Waals surface area (Å²) in [5.41, 5.74) is 1.20. The van der Waals surface area contributed by atoms with Crippen molar-refractivity contribution in [3.8, 4) is 11.4 Å². The highest BCUT2D eigenvalue weighted by atomic mass is 15.1. The molecule has 0 saturated heterocycles. The van der Waals surface area contributed by atoms with Crippen LogP contribution in [0.15, 0.2) is 54.9 Å². The molecule has 1 N–H and O–H groups in total. The number of nitrogens with zero attached hydrogens (tertiary/aromatic N) is 2. The SMILES string of the molecule is C1=CCC(CCCCn2ccnc2-c2ccccc2)NC1. The molecule has 3 heteroatoms. The molecule has 0 aliphatic carbocycles. The van der Waals surface area contributed by atoms with E-state index in [0.29, 0.717) is 6.04 Å². The first kappa shape index (κ1) is 14.1. The molecule has 1 aromatic carbocycles. The molecule has 0 amide bonds. The molecule has 2 heterocycles. The van der Waals surface area contributed by atoms with Gasteiger partial charge in [0.1, 0.15) is 5.82 Å². The highest BCUT2D eigenvalue weighted by Gasteiger charge is 2.09. The first-order valence-electron chi connectivity index (χ1n) is 7.88. The van der Waals surface area contributed by atoms with Crippen molar-refractivity contribution in [2.45, 2.75) is 38.3 Å². The topological polar surface area (TPSA) is 29.9 Å². The average molecular weight is 281 g/mol. The normalized spacial score (nSPS) is 18.0. The molecule has 0 saturated carbocycles. The Morgan fingerprint density at radius 1 is 1.14 bits per heavy atom. The Morgan fingerprint density at radius 2 is 2.05 bits per heavy atom. The van der Waals surface area contributed by atoms with Crippen LogP contribution in [0.25, 0.3) is 11.4 Å². The fraction of sp³-hybridized carbons (Fsp3) is 0.389. The van der Waals surface area contributed by atoms with Crippen LogP contribution in [-0.2, 0) is 6.54 Å². The third-order valence-corrected chi connectivity index (χ3v) is 4.06. The largest absolute Gasteiger partial charge is 0.331 e. The Labute approximate surface area is 126 Å². The van der Waals surface area contributed by atoms with Gasteiger partial charge in [0, 0.05) is 37.1 Å². The summed E-state index contributed by atoms with van der Waals surface area (Å²) in [6.45, 7) is 2.08. The Kier molecular flexibility index (Phi) is 4.85. The van der Waals surface area contributed by atoms with E-state index in [0.717, 1.165) is 18.9 Å². The summed E-state index contributed by atoms with van der Waals surface area (Å²) in [4.78, 5) is 4.50. The molecule has 3 rings (SSSR count). The van der Waals surface area contributed by atoms with Crippen molar-refractivity contribution >= 4 is 0 Å². The maximum atomic E-state index is 4.50. The minimum atomic E-state index is 0.673. The van der Waals surface area contributed by atoms with Crippen molar-refractivity contribution in [2.24, 2.45) is 0 Å². The monoisotopic (exact) mass is 281 g/mol. The number of benzene rings is 1. The smallest absolute Gasteiger partial charge is 0.139 e. The standard InChI is InChI=1S/C18H23N3/c1-2-8-16(9-3-1)18-20-13-15-21(18)14-7-5-11-17-10-4-6-12-19-17/h1-4,6,8-9,13,15,17,19H,5,7,10-12,14H2. The van der Waals surface area contributed by atoms with Crippen LogP contribution in [0.4, 0.5) is 0 Å². The second kappa shape index (κ2) is 7.23. The first-order chi connectivity index (χ1) is 10.4. The molecule has 1 atom stereocenters. The van der Waals surface area contributed by atoms with E-state index in [4.69, 9.17) is 0 Å². The van der Waals surface area contributed by atoms with Crippen molar-refractivity contribution in [3.05, 3.63) is 54.9 Å². The number of aromatic nitrogens is 2. The van der Waals surface area contributed by atoms with Crippen LogP contribution in [0.1, 0.15) is 25.7 Å². The van der Waals surface area contributed by atoms with Crippen molar-refractivity contribution < 1.29 is 0 Å². The predicted octanol–water partition coefficient (Wildman–Crippen LogP) is 3.64. The zero-order valence-corrected chi connectivity index (χ0v) is 12.4. The lowest BCUT2D eigenvalue weighted by Gasteiger charge is -2.19. The first-order valence-corrected chi connectivity index (χ1v) is 7.88. The zero-order chi connectivity index (χ0) is 14.3. The molecule has 1 aliphatic heterocycles. The van der Waals surface area contributed by atoms with Crippen LogP contribution in [-0.4, -0.2) is 22.1 Å². The Balaban J connectivity index is 1.50. The van der Waals surface area contributed by atoms with Crippen LogP contribution in [0.2, 0.25) is 0 Å². The number of rotatable bonds is 6. The van der Waals surface area contributed by atoms with Gasteiger partial charge in [-0.2, -0.15) is 0 Å². The maximum absolute atomic E-state index is 4.50. The molecule has 0 bridgehead atoms. The van der Waals surface area contributed by atoms with Crippen LogP contribution < -0.4 is 5.32 Å². The lowest BCUT2D eigenvalue weighted by molar-refractivity contribution is 0.459. The molecule has 1 unspecified atom stereocenters. The molecule has 0 fully saturated rings. The molecule has 21 heavy (non-hydrogen) atoms.